The highest BCUT2D eigenvalue weighted by Crippen LogP contribution is 2.53. The minimum Gasteiger partial charge on any atom is -0.494 e. The highest BCUT2D eigenvalue weighted by molar-refractivity contribution is 6.31. The molecule has 1 heterocycles. The van der Waals surface area contributed by atoms with Gasteiger partial charge in [0.2, 0.25) is 0 Å². The molecule has 6 heteroatoms. The maximum Gasteiger partial charge on any atom is 0.273 e. The summed E-state index contributed by atoms with van der Waals surface area (Å²) < 4.78 is 5.44. The Balaban J connectivity index is 1.87. The van der Waals surface area contributed by atoms with Crippen LogP contribution in [0.4, 0.5) is 11.4 Å². The van der Waals surface area contributed by atoms with Crippen LogP contribution in [0.1, 0.15) is 29.5 Å². The van der Waals surface area contributed by atoms with Gasteiger partial charge >= 0.3 is 0 Å². The van der Waals surface area contributed by atoms with E-state index in [4.69, 9.17) is 16.3 Å². The molecule has 0 spiro atoms. The number of hydrogen-bond donors (Lipinski definition) is 1. The number of nitrogens with zero attached hydrogens (tertiary/aromatic N) is 1. The summed E-state index contributed by atoms with van der Waals surface area (Å²) in [7, 11) is 1.53. The van der Waals surface area contributed by atoms with E-state index >= 15 is 0 Å². The third-order valence-corrected chi connectivity index (χ3v) is 5.43. The fourth-order valence-electron chi connectivity index (χ4n) is 3.95. The standard InChI is InChI=1S/C19H17ClN2O3/c1-25-17-10-11(22(23)24)9-15-12-6-4-7-13(12)18(21-19(15)17)14-5-2-3-8-16(14)20/h2-6,8-10,12-13,18,21H,7H2,1H3/t12-,13+,18-/m1/s1. The number of nitro groups is 1. The summed E-state index contributed by atoms with van der Waals surface area (Å²) in [5, 5.41) is 15.5. The molecule has 0 saturated heterocycles. The Kier molecular flexibility index (Phi) is 3.88. The van der Waals surface area contributed by atoms with Crippen LogP contribution in [0.15, 0.2) is 48.6 Å². The molecule has 0 bridgehead atoms. The fourth-order valence-corrected chi connectivity index (χ4v) is 4.21. The van der Waals surface area contributed by atoms with Crippen LogP contribution in [-0.4, -0.2) is 12.0 Å². The largest absolute Gasteiger partial charge is 0.494 e. The number of anilines is 1. The molecule has 5 nitrogen and oxygen atoms in total. The Hall–Kier alpha value is -2.53. The Morgan fingerprint density at radius 3 is 2.80 bits per heavy atom. The van der Waals surface area contributed by atoms with Crippen molar-refractivity contribution in [3.05, 3.63) is 74.8 Å². The number of hydrogen-bond acceptors (Lipinski definition) is 4. The number of benzene rings is 2. The molecule has 2 aliphatic rings. The number of ether oxygens (including phenoxy) is 1. The van der Waals surface area contributed by atoms with Gasteiger partial charge in [-0.05, 0) is 29.5 Å². The Morgan fingerprint density at radius 1 is 1.28 bits per heavy atom. The molecule has 3 atom stereocenters. The van der Waals surface area contributed by atoms with Gasteiger partial charge in [-0.25, -0.2) is 0 Å². The van der Waals surface area contributed by atoms with Crippen molar-refractivity contribution in [1.82, 2.24) is 0 Å². The van der Waals surface area contributed by atoms with Crippen molar-refractivity contribution >= 4 is 23.0 Å². The molecular weight excluding hydrogens is 340 g/mol. The van der Waals surface area contributed by atoms with Crippen molar-refractivity contribution in [1.29, 1.82) is 0 Å². The minimum absolute atomic E-state index is 0.0246. The molecule has 4 rings (SSSR count). The molecule has 2 aromatic carbocycles. The molecule has 0 fully saturated rings. The topological polar surface area (TPSA) is 64.4 Å². The van der Waals surface area contributed by atoms with Crippen LogP contribution in [0.3, 0.4) is 0 Å². The van der Waals surface area contributed by atoms with E-state index in [9.17, 15) is 10.1 Å². The van der Waals surface area contributed by atoms with E-state index in [1.165, 1.54) is 13.2 Å². The second-order valence-corrected chi connectivity index (χ2v) is 6.77. The number of halogens is 1. The molecule has 0 saturated carbocycles. The summed E-state index contributed by atoms with van der Waals surface area (Å²) in [6.07, 6.45) is 5.18. The van der Waals surface area contributed by atoms with Crippen LogP contribution in [0, 0.1) is 16.0 Å². The van der Waals surface area contributed by atoms with Gasteiger partial charge in [0.25, 0.3) is 5.69 Å². The molecule has 1 N–H and O–H groups in total. The van der Waals surface area contributed by atoms with Crippen LogP contribution >= 0.6 is 11.6 Å². The first-order valence-electron chi connectivity index (χ1n) is 8.14. The Bertz CT molecular complexity index is 881. The summed E-state index contributed by atoms with van der Waals surface area (Å²) in [6, 6.07) is 10.9. The van der Waals surface area contributed by atoms with Gasteiger partial charge in [-0.15, -0.1) is 0 Å². The predicted molar refractivity (Wildman–Crippen MR) is 97.5 cm³/mol. The van der Waals surface area contributed by atoms with E-state index in [2.05, 4.69) is 17.5 Å². The number of rotatable bonds is 3. The fraction of sp³-hybridized carbons (Fsp3) is 0.263. The van der Waals surface area contributed by atoms with Crippen LogP contribution in [0.25, 0.3) is 0 Å². The SMILES string of the molecule is COc1cc([N+](=O)[O-])cc2c1N[C@@H](c1ccccc1Cl)[C@H]1CC=C[C@@H]21. The zero-order valence-corrected chi connectivity index (χ0v) is 14.4. The third-order valence-electron chi connectivity index (χ3n) is 5.09. The number of non-ortho nitro benzene ring substituents is 1. The summed E-state index contributed by atoms with van der Waals surface area (Å²) in [5.41, 5.74) is 2.81. The zero-order valence-electron chi connectivity index (χ0n) is 13.6. The van der Waals surface area contributed by atoms with Crippen molar-refractivity contribution in [2.75, 3.05) is 12.4 Å². The lowest BCUT2D eigenvalue weighted by Crippen LogP contribution is -2.29. The van der Waals surface area contributed by atoms with Crippen molar-refractivity contribution in [3.8, 4) is 5.75 Å². The van der Waals surface area contributed by atoms with Crippen LogP contribution in [0.2, 0.25) is 5.02 Å². The maximum absolute atomic E-state index is 11.3. The lowest BCUT2D eigenvalue weighted by atomic mass is 9.76. The maximum atomic E-state index is 11.3. The van der Waals surface area contributed by atoms with E-state index in [0.29, 0.717) is 5.75 Å². The normalized spacial score (nSPS) is 23.5. The van der Waals surface area contributed by atoms with Gasteiger partial charge in [-0.3, -0.25) is 10.1 Å². The van der Waals surface area contributed by atoms with Crippen LogP contribution in [0.5, 0.6) is 5.75 Å². The van der Waals surface area contributed by atoms with Gasteiger partial charge in [0.15, 0.2) is 0 Å². The highest BCUT2D eigenvalue weighted by Gasteiger charge is 2.40. The molecule has 0 aromatic heterocycles. The van der Waals surface area contributed by atoms with Gasteiger partial charge in [-0.2, -0.15) is 0 Å². The molecular formula is C19H17ClN2O3. The summed E-state index contributed by atoms with van der Waals surface area (Å²) in [6.45, 7) is 0. The van der Waals surface area contributed by atoms with Gasteiger partial charge in [0, 0.05) is 17.0 Å². The summed E-state index contributed by atoms with van der Waals surface area (Å²) in [5.74, 6) is 0.852. The second-order valence-electron chi connectivity index (χ2n) is 6.37. The number of nitrogens with one attached hydrogen (secondary N) is 1. The first kappa shape index (κ1) is 16.0. The average molecular weight is 357 g/mol. The molecule has 0 unspecified atom stereocenters. The number of nitro benzene ring substituents is 1. The molecule has 128 valence electrons. The van der Waals surface area contributed by atoms with Crippen LogP contribution in [-0.2, 0) is 0 Å². The van der Waals surface area contributed by atoms with E-state index < -0.39 is 0 Å². The van der Waals surface area contributed by atoms with Crippen molar-refractivity contribution in [2.45, 2.75) is 18.4 Å². The van der Waals surface area contributed by atoms with Crippen molar-refractivity contribution < 1.29 is 9.66 Å². The Labute approximate surface area is 150 Å². The average Bonchev–Trinajstić information content (AvgIpc) is 3.10. The summed E-state index contributed by atoms with van der Waals surface area (Å²) >= 11 is 6.43. The molecule has 0 radical (unpaired) electrons. The quantitative estimate of drug-likeness (QED) is 0.473. The van der Waals surface area contributed by atoms with Gasteiger partial charge < -0.3 is 10.1 Å². The lowest BCUT2D eigenvalue weighted by molar-refractivity contribution is -0.385. The van der Waals surface area contributed by atoms with Crippen molar-refractivity contribution in [2.24, 2.45) is 5.92 Å². The third kappa shape index (κ3) is 2.55. The predicted octanol–water partition coefficient (Wildman–Crippen LogP) is 5.08. The first-order chi connectivity index (χ1) is 12.1. The highest BCUT2D eigenvalue weighted by atomic mass is 35.5. The Morgan fingerprint density at radius 2 is 2.08 bits per heavy atom. The monoisotopic (exact) mass is 356 g/mol. The molecule has 1 aliphatic carbocycles. The summed E-state index contributed by atoms with van der Waals surface area (Å²) in [4.78, 5) is 10.9. The van der Waals surface area contributed by atoms with Gasteiger partial charge in [-0.1, -0.05) is 42.0 Å². The molecule has 0 amide bonds. The van der Waals surface area contributed by atoms with E-state index in [0.717, 1.165) is 28.3 Å². The zero-order chi connectivity index (χ0) is 17.6. The smallest absolute Gasteiger partial charge is 0.273 e. The molecule has 2 aromatic rings. The van der Waals surface area contributed by atoms with Crippen LogP contribution < -0.4 is 10.1 Å². The van der Waals surface area contributed by atoms with E-state index in [1.54, 1.807) is 6.07 Å². The minimum atomic E-state index is -0.378. The number of allylic oxidation sites excluding steroid dienone is 2. The lowest BCUT2D eigenvalue weighted by Gasteiger charge is -2.38. The van der Waals surface area contributed by atoms with E-state index in [-0.39, 0.29) is 28.5 Å². The molecule has 25 heavy (non-hydrogen) atoms. The van der Waals surface area contributed by atoms with Crippen molar-refractivity contribution in [3.63, 3.8) is 0 Å². The number of fused-ring (bicyclic) bond motifs is 3. The molecule has 1 aliphatic heterocycles. The van der Waals surface area contributed by atoms with E-state index in [1.807, 2.05) is 24.3 Å². The second kappa shape index (κ2) is 6.08. The van der Waals surface area contributed by atoms with Gasteiger partial charge in [0.05, 0.1) is 29.8 Å². The first-order valence-corrected chi connectivity index (χ1v) is 8.52. The van der Waals surface area contributed by atoms with Gasteiger partial charge in [0.1, 0.15) is 5.75 Å². The number of methoxy groups -OCH3 is 1.